The summed E-state index contributed by atoms with van der Waals surface area (Å²) in [6, 6.07) is 17.8. The summed E-state index contributed by atoms with van der Waals surface area (Å²) in [6.45, 7) is 0.791. The second kappa shape index (κ2) is 8.48. The molecule has 0 amide bonds. The van der Waals surface area contributed by atoms with Crippen molar-refractivity contribution >= 4 is 33.4 Å². The molecule has 1 heterocycles. The van der Waals surface area contributed by atoms with E-state index in [0.29, 0.717) is 5.95 Å². The largest absolute Gasteiger partial charge is 0.497 e. The van der Waals surface area contributed by atoms with Crippen molar-refractivity contribution in [2.75, 3.05) is 24.3 Å². The van der Waals surface area contributed by atoms with Crippen LogP contribution in [-0.2, 0) is 6.42 Å². The molecule has 0 aliphatic carbocycles. The second-order valence-electron chi connectivity index (χ2n) is 5.43. The Kier molecular flexibility index (Phi) is 5.85. The highest BCUT2D eigenvalue weighted by atomic mass is 79.9. The van der Waals surface area contributed by atoms with Crippen LogP contribution in [0, 0.1) is 0 Å². The molecule has 0 aliphatic rings. The molecule has 1 aromatic heterocycles. The highest BCUT2D eigenvalue weighted by molar-refractivity contribution is 9.10. The van der Waals surface area contributed by atoms with Gasteiger partial charge in [0.25, 0.3) is 0 Å². The van der Waals surface area contributed by atoms with E-state index in [2.05, 4.69) is 48.7 Å². The smallest absolute Gasteiger partial charge is 0.229 e. The van der Waals surface area contributed by atoms with E-state index in [1.165, 1.54) is 5.56 Å². The van der Waals surface area contributed by atoms with Crippen LogP contribution in [0.2, 0.25) is 0 Å². The van der Waals surface area contributed by atoms with Crippen molar-refractivity contribution in [3.63, 3.8) is 0 Å². The van der Waals surface area contributed by atoms with Gasteiger partial charge in [-0.05, 0) is 48.4 Å². The maximum Gasteiger partial charge on any atom is 0.229 e. The zero-order chi connectivity index (χ0) is 17.5. The molecule has 0 saturated heterocycles. The molecular formula is C19H19BrN4O. The normalized spacial score (nSPS) is 10.3. The quantitative estimate of drug-likeness (QED) is 0.606. The van der Waals surface area contributed by atoms with Gasteiger partial charge in [-0.1, -0.05) is 34.1 Å². The lowest BCUT2D eigenvalue weighted by atomic mass is 10.1. The minimum Gasteiger partial charge on any atom is -0.497 e. The van der Waals surface area contributed by atoms with Gasteiger partial charge in [0.1, 0.15) is 11.6 Å². The Labute approximate surface area is 155 Å². The average molecular weight is 399 g/mol. The number of halogens is 1. The van der Waals surface area contributed by atoms with E-state index in [-0.39, 0.29) is 0 Å². The summed E-state index contributed by atoms with van der Waals surface area (Å²) in [6.07, 6.45) is 2.64. The van der Waals surface area contributed by atoms with Gasteiger partial charge in [0.2, 0.25) is 5.95 Å². The second-order valence-corrected chi connectivity index (χ2v) is 6.34. The number of aromatic nitrogens is 2. The topological polar surface area (TPSA) is 59.1 Å². The van der Waals surface area contributed by atoms with E-state index in [9.17, 15) is 0 Å². The van der Waals surface area contributed by atoms with E-state index in [1.54, 1.807) is 13.3 Å². The molecule has 2 aromatic carbocycles. The minimum atomic E-state index is 0.563. The Morgan fingerprint density at radius 2 is 1.92 bits per heavy atom. The van der Waals surface area contributed by atoms with Crippen molar-refractivity contribution in [2.24, 2.45) is 0 Å². The number of anilines is 3. The number of ether oxygens (including phenoxy) is 1. The molecule has 2 N–H and O–H groups in total. The predicted molar refractivity (Wildman–Crippen MR) is 105 cm³/mol. The van der Waals surface area contributed by atoms with Crippen LogP contribution in [-0.4, -0.2) is 23.6 Å². The standard InChI is InChI=1S/C19H19BrN4O/c1-25-17-7-5-14(6-8-17)9-11-21-18-10-12-22-19(24-18)23-16-4-2-3-15(20)13-16/h2-8,10,12-13H,9,11H2,1H3,(H2,21,22,23,24). The van der Waals surface area contributed by atoms with Gasteiger partial charge in [0, 0.05) is 22.9 Å². The van der Waals surface area contributed by atoms with Crippen LogP contribution in [0.5, 0.6) is 5.75 Å². The average Bonchev–Trinajstić information content (AvgIpc) is 2.63. The summed E-state index contributed by atoms with van der Waals surface area (Å²) in [7, 11) is 1.67. The van der Waals surface area contributed by atoms with E-state index < -0.39 is 0 Å². The van der Waals surface area contributed by atoms with Crippen LogP contribution in [0.15, 0.2) is 65.3 Å². The molecule has 0 aliphatic heterocycles. The number of hydrogen-bond donors (Lipinski definition) is 2. The van der Waals surface area contributed by atoms with Crippen molar-refractivity contribution in [3.05, 3.63) is 70.8 Å². The van der Waals surface area contributed by atoms with Crippen LogP contribution in [0.1, 0.15) is 5.56 Å². The number of nitrogens with zero attached hydrogens (tertiary/aromatic N) is 2. The van der Waals surface area contributed by atoms with E-state index in [4.69, 9.17) is 4.74 Å². The molecule has 5 nitrogen and oxygen atoms in total. The Morgan fingerprint density at radius 1 is 1.08 bits per heavy atom. The lowest BCUT2D eigenvalue weighted by molar-refractivity contribution is 0.414. The fraction of sp³-hybridized carbons (Fsp3) is 0.158. The van der Waals surface area contributed by atoms with Gasteiger partial charge in [-0.3, -0.25) is 0 Å². The number of rotatable bonds is 7. The molecule has 3 rings (SSSR count). The van der Waals surface area contributed by atoms with E-state index in [1.807, 2.05) is 42.5 Å². The van der Waals surface area contributed by atoms with Crippen molar-refractivity contribution in [3.8, 4) is 5.75 Å². The van der Waals surface area contributed by atoms with Gasteiger partial charge in [0.05, 0.1) is 7.11 Å². The predicted octanol–water partition coefficient (Wildman–Crippen LogP) is 4.65. The van der Waals surface area contributed by atoms with E-state index in [0.717, 1.165) is 34.7 Å². The first-order valence-corrected chi connectivity index (χ1v) is 8.75. The highest BCUT2D eigenvalue weighted by Crippen LogP contribution is 2.19. The molecule has 0 saturated carbocycles. The van der Waals surface area contributed by atoms with Gasteiger partial charge in [0.15, 0.2) is 0 Å². The van der Waals surface area contributed by atoms with Crippen LogP contribution in [0.4, 0.5) is 17.5 Å². The zero-order valence-corrected chi connectivity index (χ0v) is 15.5. The fourth-order valence-corrected chi connectivity index (χ4v) is 2.74. The fourth-order valence-electron chi connectivity index (χ4n) is 2.34. The summed E-state index contributed by atoms with van der Waals surface area (Å²) in [5.41, 5.74) is 2.18. The Hall–Kier alpha value is -2.60. The maximum absolute atomic E-state index is 5.17. The van der Waals surface area contributed by atoms with Crippen LogP contribution in [0.25, 0.3) is 0 Å². The van der Waals surface area contributed by atoms with Gasteiger partial charge in [-0.2, -0.15) is 4.98 Å². The molecule has 3 aromatic rings. The van der Waals surface area contributed by atoms with E-state index >= 15 is 0 Å². The summed E-state index contributed by atoms with van der Waals surface area (Å²) >= 11 is 3.45. The lowest BCUT2D eigenvalue weighted by Crippen LogP contribution is -2.07. The first-order valence-electron chi connectivity index (χ1n) is 7.95. The Bertz CT molecular complexity index is 824. The van der Waals surface area contributed by atoms with Crippen LogP contribution in [0.3, 0.4) is 0 Å². The first kappa shape index (κ1) is 17.2. The van der Waals surface area contributed by atoms with Crippen LogP contribution >= 0.6 is 15.9 Å². The lowest BCUT2D eigenvalue weighted by Gasteiger charge is -2.09. The monoisotopic (exact) mass is 398 g/mol. The third-order valence-electron chi connectivity index (χ3n) is 3.62. The van der Waals surface area contributed by atoms with Gasteiger partial charge in [-0.25, -0.2) is 4.98 Å². The summed E-state index contributed by atoms with van der Waals surface area (Å²) in [5.74, 6) is 2.23. The van der Waals surface area contributed by atoms with Crippen molar-refractivity contribution in [2.45, 2.75) is 6.42 Å². The minimum absolute atomic E-state index is 0.563. The molecule has 0 unspecified atom stereocenters. The molecule has 0 radical (unpaired) electrons. The van der Waals surface area contributed by atoms with Crippen LogP contribution < -0.4 is 15.4 Å². The van der Waals surface area contributed by atoms with Gasteiger partial charge in [-0.15, -0.1) is 0 Å². The van der Waals surface area contributed by atoms with Crippen molar-refractivity contribution < 1.29 is 4.74 Å². The van der Waals surface area contributed by atoms with Crippen molar-refractivity contribution in [1.82, 2.24) is 9.97 Å². The Balaban J connectivity index is 1.56. The molecule has 0 atom stereocenters. The van der Waals surface area contributed by atoms with Crippen molar-refractivity contribution in [1.29, 1.82) is 0 Å². The molecule has 0 spiro atoms. The summed E-state index contributed by atoms with van der Waals surface area (Å²) in [4.78, 5) is 8.75. The Morgan fingerprint density at radius 3 is 2.68 bits per heavy atom. The third-order valence-corrected chi connectivity index (χ3v) is 4.11. The highest BCUT2D eigenvalue weighted by Gasteiger charge is 2.01. The molecule has 0 fully saturated rings. The summed E-state index contributed by atoms with van der Waals surface area (Å²) in [5, 5.41) is 6.53. The van der Waals surface area contributed by atoms with Gasteiger partial charge >= 0.3 is 0 Å². The first-order chi connectivity index (χ1) is 12.2. The van der Waals surface area contributed by atoms with Gasteiger partial charge < -0.3 is 15.4 Å². The third kappa shape index (κ3) is 5.19. The molecule has 0 bridgehead atoms. The molecule has 128 valence electrons. The maximum atomic E-state index is 5.17. The SMILES string of the molecule is COc1ccc(CCNc2ccnc(Nc3cccc(Br)c3)n2)cc1. The number of nitrogens with one attached hydrogen (secondary N) is 2. The zero-order valence-electron chi connectivity index (χ0n) is 13.9. The number of benzene rings is 2. The molecule has 25 heavy (non-hydrogen) atoms. The summed E-state index contributed by atoms with van der Waals surface area (Å²) < 4.78 is 6.18. The number of methoxy groups -OCH3 is 1. The molecular weight excluding hydrogens is 380 g/mol. The molecule has 6 heteroatoms. The number of hydrogen-bond acceptors (Lipinski definition) is 5.